The zero-order chi connectivity index (χ0) is 33.5. The standard InChI is InChI=1S/C39H37IO7/c1-38(2,3)46-33(41)21-43-27-12-14-29-23(19-27)10-16-31-36(29)35(25-8-7-9-26(40)18-25)37-30-15-13-28(20-24(30)11-17-32(37)45-31)44-22-34(42)47-39(4,5)6/h7-20,35H,21-22H2,1-6H3. The van der Waals surface area contributed by atoms with Crippen LogP contribution in [0.3, 0.4) is 0 Å². The number of fused-ring (bicyclic) bond motifs is 6. The quantitative estimate of drug-likeness (QED) is 0.119. The zero-order valence-electron chi connectivity index (χ0n) is 27.3. The smallest absolute Gasteiger partial charge is 0.344 e. The van der Waals surface area contributed by atoms with Crippen LogP contribution in [0.25, 0.3) is 21.5 Å². The molecule has 0 atom stereocenters. The van der Waals surface area contributed by atoms with E-state index < -0.39 is 23.1 Å². The van der Waals surface area contributed by atoms with Gasteiger partial charge in [-0.25, -0.2) is 9.59 Å². The van der Waals surface area contributed by atoms with Crippen molar-refractivity contribution in [3.63, 3.8) is 0 Å². The van der Waals surface area contributed by atoms with Gasteiger partial charge in [0, 0.05) is 20.6 Å². The van der Waals surface area contributed by atoms with Crippen LogP contribution >= 0.6 is 22.6 Å². The third kappa shape index (κ3) is 7.48. The number of carbonyl (C=O) groups excluding carboxylic acids is 2. The van der Waals surface area contributed by atoms with Crippen molar-refractivity contribution in [2.45, 2.75) is 58.7 Å². The molecule has 47 heavy (non-hydrogen) atoms. The lowest BCUT2D eigenvalue weighted by molar-refractivity contribution is -0.158. The van der Waals surface area contributed by atoms with Crippen molar-refractivity contribution in [1.82, 2.24) is 0 Å². The first-order valence-electron chi connectivity index (χ1n) is 15.5. The molecule has 242 valence electrons. The molecule has 5 aromatic carbocycles. The highest BCUT2D eigenvalue weighted by Crippen LogP contribution is 2.52. The molecular formula is C39H37IO7. The Kier molecular flexibility index (Phi) is 8.82. The van der Waals surface area contributed by atoms with Crippen LogP contribution in [-0.4, -0.2) is 36.4 Å². The molecule has 0 radical (unpaired) electrons. The second-order valence-corrected chi connectivity index (χ2v) is 14.8. The molecular weight excluding hydrogens is 707 g/mol. The third-order valence-electron chi connectivity index (χ3n) is 7.52. The van der Waals surface area contributed by atoms with Gasteiger partial charge in [0.2, 0.25) is 0 Å². The van der Waals surface area contributed by atoms with Crippen LogP contribution in [0.5, 0.6) is 23.0 Å². The van der Waals surface area contributed by atoms with Crippen LogP contribution in [0.1, 0.15) is 64.2 Å². The fraction of sp³-hybridized carbons (Fsp3) is 0.282. The summed E-state index contributed by atoms with van der Waals surface area (Å²) in [7, 11) is 0. The van der Waals surface area contributed by atoms with Gasteiger partial charge < -0.3 is 23.7 Å². The van der Waals surface area contributed by atoms with Crippen LogP contribution in [0.4, 0.5) is 0 Å². The van der Waals surface area contributed by atoms with Gasteiger partial charge in [-0.15, -0.1) is 0 Å². The molecule has 1 aliphatic rings. The second-order valence-electron chi connectivity index (χ2n) is 13.6. The summed E-state index contributed by atoms with van der Waals surface area (Å²) < 4.78 is 30.2. The van der Waals surface area contributed by atoms with E-state index in [1.54, 1.807) is 0 Å². The number of hydrogen-bond acceptors (Lipinski definition) is 7. The SMILES string of the molecule is CC(C)(C)OC(=O)COc1ccc2c3c(ccc2c1)Oc1ccc2cc(OCC(=O)OC(C)(C)C)ccc2c1C3c1cccc(I)c1. The van der Waals surface area contributed by atoms with Gasteiger partial charge in [-0.1, -0.05) is 36.4 Å². The van der Waals surface area contributed by atoms with E-state index in [4.69, 9.17) is 23.7 Å². The first-order chi connectivity index (χ1) is 22.2. The molecule has 0 aliphatic carbocycles. The normalized spacial score (nSPS) is 13.0. The van der Waals surface area contributed by atoms with Crippen LogP contribution < -0.4 is 14.2 Å². The molecule has 5 aromatic rings. The number of ether oxygens (including phenoxy) is 5. The summed E-state index contributed by atoms with van der Waals surface area (Å²) in [5.74, 6) is 1.75. The first kappa shape index (κ1) is 32.6. The zero-order valence-corrected chi connectivity index (χ0v) is 29.5. The molecule has 0 N–H and O–H groups in total. The number of rotatable bonds is 7. The predicted molar refractivity (Wildman–Crippen MR) is 191 cm³/mol. The van der Waals surface area contributed by atoms with Crippen LogP contribution in [0.15, 0.2) is 84.9 Å². The third-order valence-corrected chi connectivity index (χ3v) is 8.19. The Labute approximate surface area is 288 Å². The minimum Gasteiger partial charge on any atom is -0.482 e. The van der Waals surface area contributed by atoms with E-state index >= 15 is 0 Å². The molecule has 0 saturated heterocycles. The van der Waals surface area contributed by atoms with Crippen LogP contribution in [0.2, 0.25) is 0 Å². The maximum Gasteiger partial charge on any atom is 0.344 e. The largest absolute Gasteiger partial charge is 0.482 e. The Hall–Kier alpha value is -4.31. The number of halogens is 1. The van der Waals surface area contributed by atoms with Crippen molar-refractivity contribution in [3.8, 4) is 23.0 Å². The Balaban J connectivity index is 1.39. The van der Waals surface area contributed by atoms with E-state index in [0.717, 1.165) is 53.3 Å². The molecule has 1 heterocycles. The van der Waals surface area contributed by atoms with E-state index in [-0.39, 0.29) is 19.1 Å². The summed E-state index contributed by atoms with van der Waals surface area (Å²) >= 11 is 2.35. The molecule has 6 rings (SSSR count). The monoisotopic (exact) mass is 744 g/mol. The number of carbonyl (C=O) groups is 2. The van der Waals surface area contributed by atoms with Crippen LogP contribution in [0, 0.1) is 3.57 Å². The molecule has 0 spiro atoms. The number of benzene rings is 5. The Morgan fingerprint density at radius 3 is 1.60 bits per heavy atom. The summed E-state index contributed by atoms with van der Waals surface area (Å²) in [6, 6.07) is 28.2. The van der Waals surface area contributed by atoms with E-state index in [2.05, 4.69) is 46.9 Å². The Morgan fingerprint density at radius 1 is 0.660 bits per heavy atom. The molecule has 0 aromatic heterocycles. The van der Waals surface area contributed by atoms with Gasteiger partial charge in [0.15, 0.2) is 13.2 Å². The van der Waals surface area contributed by atoms with Gasteiger partial charge in [-0.05, 0) is 140 Å². The number of esters is 2. The maximum absolute atomic E-state index is 12.3. The summed E-state index contributed by atoms with van der Waals surface area (Å²) in [5.41, 5.74) is 2.07. The highest BCUT2D eigenvalue weighted by molar-refractivity contribution is 14.1. The van der Waals surface area contributed by atoms with Gasteiger partial charge in [-0.3, -0.25) is 0 Å². The molecule has 0 bridgehead atoms. The average molecular weight is 745 g/mol. The van der Waals surface area contributed by atoms with E-state index in [1.165, 1.54) is 0 Å². The minimum atomic E-state index is -0.581. The Morgan fingerprint density at radius 2 is 1.15 bits per heavy atom. The lowest BCUT2D eigenvalue weighted by Gasteiger charge is -2.31. The van der Waals surface area contributed by atoms with Gasteiger partial charge in [0.05, 0.1) is 0 Å². The average Bonchev–Trinajstić information content (AvgIpc) is 2.99. The van der Waals surface area contributed by atoms with Gasteiger partial charge in [0.1, 0.15) is 34.2 Å². The highest BCUT2D eigenvalue weighted by Gasteiger charge is 2.32. The van der Waals surface area contributed by atoms with E-state index in [0.29, 0.717) is 11.5 Å². The van der Waals surface area contributed by atoms with Gasteiger partial charge in [0.25, 0.3) is 0 Å². The van der Waals surface area contributed by atoms with Crippen molar-refractivity contribution in [3.05, 3.63) is 105 Å². The van der Waals surface area contributed by atoms with Crippen molar-refractivity contribution < 1.29 is 33.3 Å². The van der Waals surface area contributed by atoms with E-state index in [1.807, 2.05) is 102 Å². The van der Waals surface area contributed by atoms with Gasteiger partial charge in [-0.2, -0.15) is 0 Å². The lowest BCUT2D eigenvalue weighted by Crippen LogP contribution is -2.27. The fourth-order valence-corrected chi connectivity index (χ4v) is 6.45. The number of hydrogen-bond donors (Lipinski definition) is 0. The predicted octanol–water partition coefficient (Wildman–Crippen LogP) is 9.32. The highest BCUT2D eigenvalue weighted by atomic mass is 127. The molecule has 0 amide bonds. The van der Waals surface area contributed by atoms with E-state index in [9.17, 15) is 9.59 Å². The summed E-state index contributed by atoms with van der Waals surface area (Å²) in [6.07, 6.45) is 0. The summed E-state index contributed by atoms with van der Waals surface area (Å²) in [4.78, 5) is 24.6. The Bertz CT molecular complexity index is 1880. The van der Waals surface area contributed by atoms with Gasteiger partial charge >= 0.3 is 11.9 Å². The summed E-state index contributed by atoms with van der Waals surface area (Å²) in [6.45, 7) is 10.6. The molecule has 0 unspecified atom stereocenters. The summed E-state index contributed by atoms with van der Waals surface area (Å²) in [5, 5.41) is 3.98. The maximum atomic E-state index is 12.3. The topological polar surface area (TPSA) is 80.3 Å². The molecule has 8 heteroatoms. The van der Waals surface area contributed by atoms with Crippen molar-refractivity contribution in [2.24, 2.45) is 0 Å². The second kappa shape index (κ2) is 12.7. The van der Waals surface area contributed by atoms with Crippen molar-refractivity contribution in [1.29, 1.82) is 0 Å². The molecule has 7 nitrogen and oxygen atoms in total. The first-order valence-corrected chi connectivity index (χ1v) is 16.6. The minimum absolute atomic E-state index is 0.141. The fourth-order valence-electron chi connectivity index (χ4n) is 5.89. The molecule has 0 fully saturated rings. The molecule has 1 aliphatic heterocycles. The lowest BCUT2D eigenvalue weighted by atomic mass is 9.78. The van der Waals surface area contributed by atoms with Crippen molar-refractivity contribution >= 4 is 56.1 Å². The molecule has 0 saturated carbocycles. The van der Waals surface area contributed by atoms with Crippen LogP contribution in [-0.2, 0) is 19.1 Å². The van der Waals surface area contributed by atoms with Crippen molar-refractivity contribution in [2.75, 3.05) is 13.2 Å².